The number of hydrogen-bond donors (Lipinski definition) is 1. The highest BCUT2D eigenvalue weighted by Crippen LogP contribution is 2.25. The highest BCUT2D eigenvalue weighted by molar-refractivity contribution is 7.92. The maximum absolute atomic E-state index is 12.8. The molecule has 3 rings (SSSR count). The number of para-hydroxylation sites is 1. The van der Waals surface area contributed by atoms with Gasteiger partial charge in [-0.3, -0.25) is 4.72 Å². The van der Waals surface area contributed by atoms with Crippen LogP contribution in [0.1, 0.15) is 17.0 Å². The molecule has 0 saturated carbocycles. The lowest BCUT2D eigenvalue weighted by atomic mass is 10.2. The van der Waals surface area contributed by atoms with Gasteiger partial charge in [0.05, 0.1) is 34.4 Å². The number of anilines is 1. The van der Waals surface area contributed by atoms with Gasteiger partial charge in [0, 0.05) is 0 Å². The Morgan fingerprint density at radius 3 is 2.48 bits per heavy atom. The minimum atomic E-state index is -3.83. The van der Waals surface area contributed by atoms with Crippen LogP contribution in [-0.2, 0) is 10.0 Å². The number of benzene rings is 2. The average molecular weight is 352 g/mol. The molecule has 3 aromatic rings. The molecule has 1 N–H and O–H groups in total. The van der Waals surface area contributed by atoms with E-state index in [0.29, 0.717) is 22.6 Å². The first kappa shape index (κ1) is 16.7. The molecule has 0 fully saturated rings. The molecule has 0 atom stereocenters. The number of hydrogen-bond acceptors (Lipinski definition) is 4. The third-order valence-corrected chi connectivity index (χ3v) is 5.37. The van der Waals surface area contributed by atoms with Gasteiger partial charge in [-0.1, -0.05) is 24.3 Å². The van der Waals surface area contributed by atoms with E-state index in [9.17, 15) is 8.42 Å². The lowest BCUT2D eigenvalue weighted by molar-refractivity contribution is 0.600. The van der Waals surface area contributed by atoms with E-state index in [4.69, 9.17) is 5.26 Å². The third-order valence-electron chi connectivity index (χ3n) is 3.74. The summed E-state index contributed by atoms with van der Waals surface area (Å²) in [5, 5.41) is 13.3. The van der Waals surface area contributed by atoms with Gasteiger partial charge in [-0.15, -0.1) is 0 Å². The Morgan fingerprint density at radius 2 is 1.80 bits per heavy atom. The lowest BCUT2D eigenvalue weighted by Crippen LogP contribution is -2.15. The number of sulfonamides is 1. The van der Waals surface area contributed by atoms with Gasteiger partial charge in [-0.2, -0.15) is 10.4 Å². The zero-order valence-corrected chi connectivity index (χ0v) is 14.6. The minimum absolute atomic E-state index is 0.138. The van der Waals surface area contributed by atoms with Gasteiger partial charge in [0.15, 0.2) is 0 Å². The second kappa shape index (κ2) is 6.42. The standard InChI is InChI=1S/C18H16N4O2S/c1-13-18(14(2)22(20-13)17-9-4-3-5-10-17)25(23,24)21-16-8-6-7-15(11-16)12-19/h3-11,21H,1-2H3. The molecule has 25 heavy (non-hydrogen) atoms. The highest BCUT2D eigenvalue weighted by atomic mass is 32.2. The van der Waals surface area contributed by atoms with Crippen molar-refractivity contribution in [3.8, 4) is 11.8 Å². The molecule has 0 amide bonds. The van der Waals surface area contributed by atoms with E-state index >= 15 is 0 Å². The van der Waals surface area contributed by atoms with Gasteiger partial charge in [0.1, 0.15) is 4.90 Å². The van der Waals surface area contributed by atoms with Crippen molar-refractivity contribution in [3.05, 3.63) is 71.5 Å². The number of aryl methyl sites for hydroxylation is 1. The zero-order chi connectivity index (χ0) is 18.0. The van der Waals surface area contributed by atoms with Crippen LogP contribution < -0.4 is 4.72 Å². The van der Waals surface area contributed by atoms with Crippen molar-refractivity contribution in [1.29, 1.82) is 5.26 Å². The predicted molar refractivity (Wildman–Crippen MR) is 95.0 cm³/mol. The second-order valence-corrected chi connectivity index (χ2v) is 7.16. The molecule has 0 saturated heterocycles. The minimum Gasteiger partial charge on any atom is -0.279 e. The fraction of sp³-hybridized carbons (Fsp3) is 0.111. The molecule has 0 radical (unpaired) electrons. The quantitative estimate of drug-likeness (QED) is 0.781. The van der Waals surface area contributed by atoms with E-state index in [1.54, 1.807) is 36.7 Å². The molecular formula is C18H16N4O2S. The summed E-state index contributed by atoms with van der Waals surface area (Å²) in [6.45, 7) is 3.37. The van der Waals surface area contributed by atoms with Crippen LogP contribution in [0, 0.1) is 25.2 Å². The van der Waals surface area contributed by atoms with Crippen molar-refractivity contribution < 1.29 is 8.42 Å². The van der Waals surface area contributed by atoms with Crippen LogP contribution in [0.15, 0.2) is 59.5 Å². The highest BCUT2D eigenvalue weighted by Gasteiger charge is 2.25. The number of nitrogens with one attached hydrogen (secondary N) is 1. The van der Waals surface area contributed by atoms with Crippen molar-refractivity contribution in [2.75, 3.05) is 4.72 Å². The van der Waals surface area contributed by atoms with Crippen LogP contribution in [0.25, 0.3) is 5.69 Å². The van der Waals surface area contributed by atoms with Crippen molar-refractivity contribution in [2.24, 2.45) is 0 Å². The van der Waals surface area contributed by atoms with Gasteiger partial charge < -0.3 is 0 Å². The van der Waals surface area contributed by atoms with Crippen LogP contribution in [0.4, 0.5) is 5.69 Å². The topological polar surface area (TPSA) is 87.8 Å². The first-order chi connectivity index (χ1) is 11.9. The smallest absolute Gasteiger partial charge is 0.265 e. The van der Waals surface area contributed by atoms with Gasteiger partial charge in [0.25, 0.3) is 10.0 Å². The summed E-state index contributed by atoms with van der Waals surface area (Å²) in [7, 11) is -3.83. The Balaban J connectivity index is 2.03. The summed E-state index contributed by atoms with van der Waals surface area (Å²) in [6, 6.07) is 17.7. The molecule has 0 aliphatic heterocycles. The summed E-state index contributed by atoms with van der Waals surface area (Å²) in [5.74, 6) is 0. The molecule has 2 aromatic carbocycles. The molecule has 0 unspecified atom stereocenters. The Morgan fingerprint density at radius 1 is 1.08 bits per heavy atom. The Kier molecular flexibility index (Phi) is 4.30. The normalized spacial score (nSPS) is 11.1. The Hall–Kier alpha value is -3.11. The van der Waals surface area contributed by atoms with E-state index < -0.39 is 10.0 Å². The largest absolute Gasteiger partial charge is 0.279 e. The molecule has 0 spiro atoms. The van der Waals surface area contributed by atoms with Gasteiger partial charge in [0.2, 0.25) is 0 Å². The van der Waals surface area contributed by atoms with E-state index in [1.165, 1.54) is 6.07 Å². The van der Waals surface area contributed by atoms with Crippen LogP contribution in [0.2, 0.25) is 0 Å². The molecule has 7 heteroatoms. The third kappa shape index (κ3) is 3.25. The van der Waals surface area contributed by atoms with E-state index in [0.717, 1.165) is 5.69 Å². The van der Waals surface area contributed by atoms with Crippen LogP contribution in [-0.4, -0.2) is 18.2 Å². The molecule has 6 nitrogen and oxygen atoms in total. The molecule has 1 heterocycles. The maximum Gasteiger partial charge on any atom is 0.265 e. The first-order valence-electron chi connectivity index (χ1n) is 7.57. The Labute approximate surface area is 146 Å². The SMILES string of the molecule is Cc1nn(-c2ccccc2)c(C)c1S(=O)(=O)Nc1cccc(C#N)c1. The number of nitrogens with zero attached hydrogens (tertiary/aromatic N) is 3. The summed E-state index contributed by atoms with van der Waals surface area (Å²) in [4.78, 5) is 0.138. The zero-order valence-electron chi connectivity index (χ0n) is 13.8. The van der Waals surface area contributed by atoms with Crippen molar-refractivity contribution in [2.45, 2.75) is 18.7 Å². The van der Waals surface area contributed by atoms with Gasteiger partial charge in [-0.25, -0.2) is 13.1 Å². The van der Waals surface area contributed by atoms with Crippen LogP contribution >= 0.6 is 0 Å². The number of aromatic nitrogens is 2. The van der Waals surface area contributed by atoms with E-state index in [-0.39, 0.29) is 4.90 Å². The van der Waals surface area contributed by atoms with E-state index in [2.05, 4.69) is 9.82 Å². The first-order valence-corrected chi connectivity index (χ1v) is 9.05. The second-order valence-electron chi connectivity index (χ2n) is 5.55. The molecule has 0 bridgehead atoms. The number of rotatable bonds is 4. The van der Waals surface area contributed by atoms with Crippen molar-refractivity contribution in [3.63, 3.8) is 0 Å². The summed E-state index contributed by atoms with van der Waals surface area (Å²) in [5.41, 5.74) is 2.44. The predicted octanol–water partition coefficient (Wildman–Crippen LogP) is 3.16. The van der Waals surface area contributed by atoms with Gasteiger partial charge in [-0.05, 0) is 44.2 Å². The molecule has 0 aliphatic rings. The maximum atomic E-state index is 12.8. The molecule has 1 aromatic heterocycles. The molecular weight excluding hydrogens is 336 g/mol. The van der Waals surface area contributed by atoms with Crippen LogP contribution in [0.3, 0.4) is 0 Å². The fourth-order valence-electron chi connectivity index (χ4n) is 2.70. The van der Waals surface area contributed by atoms with E-state index in [1.807, 2.05) is 36.4 Å². The molecule has 0 aliphatic carbocycles. The summed E-state index contributed by atoms with van der Waals surface area (Å²) < 4.78 is 29.8. The molecule has 126 valence electrons. The summed E-state index contributed by atoms with van der Waals surface area (Å²) in [6.07, 6.45) is 0. The Bertz CT molecular complexity index is 1060. The fourth-order valence-corrected chi connectivity index (χ4v) is 4.14. The monoisotopic (exact) mass is 352 g/mol. The summed E-state index contributed by atoms with van der Waals surface area (Å²) >= 11 is 0. The van der Waals surface area contributed by atoms with Crippen molar-refractivity contribution >= 4 is 15.7 Å². The number of nitriles is 1. The average Bonchev–Trinajstić information content (AvgIpc) is 2.90. The lowest BCUT2D eigenvalue weighted by Gasteiger charge is -2.09. The van der Waals surface area contributed by atoms with Crippen LogP contribution in [0.5, 0.6) is 0 Å². The van der Waals surface area contributed by atoms with Crippen molar-refractivity contribution in [1.82, 2.24) is 9.78 Å². The van der Waals surface area contributed by atoms with Gasteiger partial charge >= 0.3 is 0 Å².